The summed E-state index contributed by atoms with van der Waals surface area (Å²) in [7, 11) is 0. The number of cyclic esters (lactones) is 1. The van der Waals surface area contributed by atoms with Gasteiger partial charge in [0.2, 0.25) is 0 Å². The number of carbonyl (C=O) groups excluding carboxylic acids is 2. The molecule has 0 spiro atoms. The number of imide groups is 1. The molecule has 2 aromatic rings. The normalized spacial score (nSPS) is 19.9. The van der Waals surface area contributed by atoms with E-state index in [-0.39, 0.29) is 5.91 Å². The van der Waals surface area contributed by atoms with E-state index in [1.165, 1.54) is 4.90 Å². The fourth-order valence-electron chi connectivity index (χ4n) is 2.95. The number of carbonyl (C=O) groups is 2. The molecule has 2 aromatic carbocycles. The van der Waals surface area contributed by atoms with Gasteiger partial charge in [0.15, 0.2) is 0 Å². The van der Waals surface area contributed by atoms with E-state index in [2.05, 4.69) is 6.58 Å². The van der Waals surface area contributed by atoms with Gasteiger partial charge >= 0.3 is 6.09 Å². The molecule has 1 fully saturated rings. The molecule has 0 radical (unpaired) electrons. The molecule has 0 aliphatic carbocycles. The third-order valence-corrected chi connectivity index (χ3v) is 4.12. The van der Waals surface area contributed by atoms with Crippen LogP contribution in [-0.4, -0.2) is 29.0 Å². The Morgan fingerprint density at radius 3 is 2.25 bits per heavy atom. The molecule has 4 heteroatoms. The summed E-state index contributed by atoms with van der Waals surface area (Å²) < 4.78 is 5.43. The summed E-state index contributed by atoms with van der Waals surface area (Å²) in [5.74, 6) is -0.342. The largest absolute Gasteiger partial charge is 0.439 e. The Morgan fingerprint density at radius 2 is 1.67 bits per heavy atom. The van der Waals surface area contributed by atoms with Gasteiger partial charge in [0, 0.05) is 5.56 Å². The van der Waals surface area contributed by atoms with Gasteiger partial charge in [0.25, 0.3) is 5.91 Å². The van der Waals surface area contributed by atoms with Crippen LogP contribution in [0.2, 0.25) is 0 Å². The van der Waals surface area contributed by atoms with Crippen molar-refractivity contribution in [2.24, 2.45) is 0 Å². The molecule has 1 aliphatic rings. The summed E-state index contributed by atoms with van der Waals surface area (Å²) in [5, 5.41) is 0. The molecule has 0 aromatic heterocycles. The van der Waals surface area contributed by atoms with Crippen LogP contribution >= 0.6 is 0 Å². The van der Waals surface area contributed by atoms with Crippen molar-refractivity contribution < 1.29 is 14.3 Å². The lowest BCUT2D eigenvalue weighted by atomic mass is 9.96. The fraction of sp³-hybridized carbons (Fsp3) is 0.200. The van der Waals surface area contributed by atoms with Crippen molar-refractivity contribution in [1.82, 2.24) is 4.90 Å². The van der Waals surface area contributed by atoms with E-state index < -0.39 is 18.2 Å². The lowest BCUT2D eigenvalue weighted by Crippen LogP contribution is -2.42. The molecular formula is C20H19NO3. The van der Waals surface area contributed by atoms with E-state index in [0.29, 0.717) is 12.0 Å². The summed E-state index contributed by atoms with van der Waals surface area (Å²) in [6, 6.07) is 18.1. The van der Waals surface area contributed by atoms with E-state index in [4.69, 9.17) is 4.74 Å². The smallest absolute Gasteiger partial charge is 0.417 e. The monoisotopic (exact) mass is 321 g/mol. The molecule has 1 aliphatic heterocycles. The standard InChI is InChI=1S/C20H19NO3/c1-14(2)18-17(13-15-9-5-3-6-10-15)21(20(23)24-18)19(22)16-11-7-4-8-12-16/h3-12,17-18H,1,13H2,2H3/t17-,18-/m0/s1. The van der Waals surface area contributed by atoms with Gasteiger partial charge in [-0.3, -0.25) is 4.79 Å². The Hall–Kier alpha value is -2.88. The SMILES string of the molecule is C=C(C)[C@@H]1OC(=O)N(C(=O)c2ccccc2)[C@H]1Cc1ccccc1. The van der Waals surface area contributed by atoms with Crippen LogP contribution in [0, 0.1) is 0 Å². The topological polar surface area (TPSA) is 46.6 Å². The average Bonchev–Trinajstić information content (AvgIpc) is 2.92. The van der Waals surface area contributed by atoms with E-state index in [0.717, 1.165) is 11.1 Å². The van der Waals surface area contributed by atoms with Gasteiger partial charge in [0.1, 0.15) is 6.10 Å². The molecule has 2 amide bonds. The minimum absolute atomic E-state index is 0.342. The maximum atomic E-state index is 12.8. The summed E-state index contributed by atoms with van der Waals surface area (Å²) >= 11 is 0. The van der Waals surface area contributed by atoms with Crippen molar-refractivity contribution in [3.8, 4) is 0 Å². The van der Waals surface area contributed by atoms with Crippen LogP contribution < -0.4 is 0 Å². The lowest BCUT2D eigenvalue weighted by molar-refractivity contribution is 0.0774. The van der Waals surface area contributed by atoms with E-state index in [1.54, 1.807) is 24.3 Å². The quantitative estimate of drug-likeness (QED) is 0.804. The number of nitrogens with zero attached hydrogens (tertiary/aromatic N) is 1. The summed E-state index contributed by atoms with van der Waals surface area (Å²) in [6.07, 6.45) is -0.578. The minimum atomic E-state index is -0.613. The zero-order chi connectivity index (χ0) is 17.1. The zero-order valence-electron chi connectivity index (χ0n) is 13.5. The molecule has 3 rings (SSSR count). The molecule has 1 saturated heterocycles. The van der Waals surface area contributed by atoms with Crippen LogP contribution in [-0.2, 0) is 11.2 Å². The Balaban J connectivity index is 1.94. The van der Waals surface area contributed by atoms with Crippen LogP contribution in [0.4, 0.5) is 4.79 Å². The first-order valence-corrected chi connectivity index (χ1v) is 7.86. The Labute approximate surface area is 141 Å². The van der Waals surface area contributed by atoms with Crippen LogP contribution in [0.25, 0.3) is 0 Å². The molecule has 0 N–H and O–H groups in total. The van der Waals surface area contributed by atoms with Crippen LogP contribution in [0.3, 0.4) is 0 Å². The maximum Gasteiger partial charge on any atom is 0.417 e. The van der Waals surface area contributed by atoms with E-state index in [1.807, 2.05) is 43.3 Å². The summed E-state index contributed by atoms with van der Waals surface area (Å²) in [6.45, 7) is 5.73. The number of benzene rings is 2. The molecule has 0 saturated carbocycles. The zero-order valence-corrected chi connectivity index (χ0v) is 13.5. The van der Waals surface area contributed by atoms with Crippen LogP contribution in [0.1, 0.15) is 22.8 Å². The first-order chi connectivity index (χ1) is 11.6. The highest BCUT2D eigenvalue weighted by atomic mass is 16.6. The van der Waals surface area contributed by atoms with Gasteiger partial charge < -0.3 is 4.74 Å². The predicted octanol–water partition coefficient (Wildman–Crippen LogP) is 3.84. The summed E-state index contributed by atoms with van der Waals surface area (Å²) in [4.78, 5) is 26.4. The maximum absolute atomic E-state index is 12.8. The highest BCUT2D eigenvalue weighted by molar-refractivity contribution is 6.04. The number of amides is 2. The first kappa shape index (κ1) is 16.0. The van der Waals surface area contributed by atoms with Crippen LogP contribution in [0.15, 0.2) is 72.8 Å². The Bertz CT molecular complexity index is 755. The second-order valence-electron chi connectivity index (χ2n) is 5.95. The highest BCUT2D eigenvalue weighted by Gasteiger charge is 2.45. The van der Waals surface area contributed by atoms with Gasteiger partial charge in [0.05, 0.1) is 6.04 Å². The number of hydrogen-bond donors (Lipinski definition) is 0. The minimum Gasteiger partial charge on any atom is -0.439 e. The van der Waals surface area contributed by atoms with Gasteiger partial charge in [-0.05, 0) is 36.6 Å². The second kappa shape index (κ2) is 6.71. The number of ether oxygens (including phenoxy) is 1. The van der Waals surface area contributed by atoms with Crippen LogP contribution in [0.5, 0.6) is 0 Å². The molecule has 4 nitrogen and oxygen atoms in total. The Kier molecular flexibility index (Phi) is 4.47. The van der Waals surface area contributed by atoms with Crippen molar-refractivity contribution in [1.29, 1.82) is 0 Å². The van der Waals surface area contributed by atoms with Gasteiger partial charge in [-0.25, -0.2) is 9.69 Å². The number of rotatable bonds is 4. The molecule has 122 valence electrons. The van der Waals surface area contributed by atoms with E-state index in [9.17, 15) is 9.59 Å². The van der Waals surface area contributed by atoms with Crippen molar-refractivity contribution in [2.45, 2.75) is 25.5 Å². The van der Waals surface area contributed by atoms with Crippen molar-refractivity contribution >= 4 is 12.0 Å². The summed E-state index contributed by atoms with van der Waals surface area (Å²) in [5.41, 5.74) is 2.24. The molecule has 0 unspecified atom stereocenters. The molecule has 2 atom stereocenters. The molecule has 0 bridgehead atoms. The average molecular weight is 321 g/mol. The third-order valence-electron chi connectivity index (χ3n) is 4.12. The predicted molar refractivity (Wildman–Crippen MR) is 91.6 cm³/mol. The van der Waals surface area contributed by atoms with Crippen molar-refractivity contribution in [2.75, 3.05) is 0 Å². The van der Waals surface area contributed by atoms with Crippen molar-refractivity contribution in [3.05, 3.63) is 83.9 Å². The Morgan fingerprint density at radius 1 is 1.08 bits per heavy atom. The number of hydrogen-bond acceptors (Lipinski definition) is 3. The first-order valence-electron chi connectivity index (χ1n) is 7.86. The lowest BCUT2D eigenvalue weighted by Gasteiger charge is -2.23. The molecular weight excluding hydrogens is 302 g/mol. The molecule has 1 heterocycles. The second-order valence-corrected chi connectivity index (χ2v) is 5.95. The molecule has 24 heavy (non-hydrogen) atoms. The van der Waals surface area contributed by atoms with Gasteiger partial charge in [-0.15, -0.1) is 0 Å². The highest BCUT2D eigenvalue weighted by Crippen LogP contribution is 2.28. The van der Waals surface area contributed by atoms with Crippen molar-refractivity contribution in [3.63, 3.8) is 0 Å². The van der Waals surface area contributed by atoms with Gasteiger partial charge in [-0.2, -0.15) is 0 Å². The van der Waals surface area contributed by atoms with Gasteiger partial charge in [-0.1, -0.05) is 55.1 Å². The van der Waals surface area contributed by atoms with E-state index >= 15 is 0 Å². The fourth-order valence-corrected chi connectivity index (χ4v) is 2.95. The third kappa shape index (κ3) is 3.08.